The average molecular weight is 463 g/mol. The molecule has 5 nitrogen and oxygen atoms in total. The lowest BCUT2D eigenvalue weighted by Gasteiger charge is -2.39. The van der Waals surface area contributed by atoms with Gasteiger partial charge in [-0.3, -0.25) is 14.7 Å². The van der Waals surface area contributed by atoms with Crippen LogP contribution >= 0.6 is 22.9 Å². The van der Waals surface area contributed by atoms with Crippen molar-refractivity contribution in [2.75, 3.05) is 13.1 Å². The molecule has 162 valence electrons. The van der Waals surface area contributed by atoms with Crippen LogP contribution in [0.25, 0.3) is 21.1 Å². The predicted octanol–water partition coefficient (Wildman–Crippen LogP) is 5.78. The van der Waals surface area contributed by atoms with Crippen molar-refractivity contribution in [3.63, 3.8) is 0 Å². The highest BCUT2D eigenvalue weighted by Gasteiger charge is 2.31. The fourth-order valence-corrected chi connectivity index (χ4v) is 5.41. The van der Waals surface area contributed by atoms with Crippen molar-refractivity contribution >= 4 is 28.7 Å². The van der Waals surface area contributed by atoms with Crippen LogP contribution in [0.1, 0.15) is 36.2 Å². The van der Waals surface area contributed by atoms with Crippen molar-refractivity contribution in [1.29, 1.82) is 0 Å². The summed E-state index contributed by atoms with van der Waals surface area (Å²) in [5.41, 5.74) is 4.31. The van der Waals surface area contributed by atoms with E-state index >= 15 is 0 Å². The minimum atomic E-state index is 0.110. The fourth-order valence-electron chi connectivity index (χ4n) is 4.14. The summed E-state index contributed by atoms with van der Waals surface area (Å²) >= 11 is 7.90. The number of aromatic amines is 1. The zero-order valence-electron chi connectivity index (χ0n) is 17.7. The third-order valence-electron chi connectivity index (χ3n) is 5.74. The minimum Gasteiger partial charge on any atom is -0.344 e. The molecular weight excluding hydrogens is 440 g/mol. The smallest absolute Gasteiger partial charge is 0.147 e. The van der Waals surface area contributed by atoms with E-state index in [9.17, 15) is 4.79 Å². The van der Waals surface area contributed by atoms with Gasteiger partial charge in [0.2, 0.25) is 0 Å². The van der Waals surface area contributed by atoms with Crippen molar-refractivity contribution in [2.24, 2.45) is 0 Å². The summed E-state index contributed by atoms with van der Waals surface area (Å²) in [6.07, 6.45) is 6.98. The second-order valence-corrected chi connectivity index (χ2v) is 9.58. The number of H-pyrrole nitrogens is 1. The van der Waals surface area contributed by atoms with Gasteiger partial charge in [-0.15, -0.1) is 11.3 Å². The number of nitrogens with zero attached hydrogens (tertiary/aromatic N) is 3. The van der Waals surface area contributed by atoms with Crippen molar-refractivity contribution in [1.82, 2.24) is 19.9 Å². The molecule has 1 aliphatic heterocycles. The molecule has 7 heteroatoms. The molecule has 0 saturated carbocycles. The lowest BCUT2D eigenvalue weighted by Crippen LogP contribution is -2.40. The van der Waals surface area contributed by atoms with E-state index in [0.717, 1.165) is 44.9 Å². The molecule has 32 heavy (non-hydrogen) atoms. The summed E-state index contributed by atoms with van der Waals surface area (Å²) in [5.74, 6) is 0.979. The van der Waals surface area contributed by atoms with Gasteiger partial charge in [-0.25, -0.2) is 4.98 Å². The van der Waals surface area contributed by atoms with Crippen molar-refractivity contribution in [2.45, 2.75) is 25.8 Å². The molecule has 0 bridgehead atoms. The summed E-state index contributed by atoms with van der Waals surface area (Å²) in [5, 5.41) is 0.739. The first kappa shape index (κ1) is 21.1. The van der Waals surface area contributed by atoms with Crippen LogP contribution in [0.4, 0.5) is 0 Å². The van der Waals surface area contributed by atoms with E-state index in [2.05, 4.69) is 38.1 Å². The largest absolute Gasteiger partial charge is 0.344 e. The van der Waals surface area contributed by atoms with Crippen LogP contribution in [0, 0.1) is 0 Å². The monoisotopic (exact) mass is 462 g/mol. The highest BCUT2D eigenvalue weighted by Crippen LogP contribution is 2.44. The van der Waals surface area contributed by atoms with E-state index in [4.69, 9.17) is 11.6 Å². The second kappa shape index (κ2) is 8.98. The number of carbonyl (C=O) groups is 1. The lowest BCUT2D eigenvalue weighted by molar-refractivity contribution is -0.116. The normalized spacial score (nSPS) is 14.8. The molecule has 0 amide bonds. The first-order chi connectivity index (χ1) is 15.6. The number of benzene rings is 1. The third kappa shape index (κ3) is 4.26. The summed E-state index contributed by atoms with van der Waals surface area (Å²) in [7, 11) is 0. The van der Waals surface area contributed by atoms with Gasteiger partial charge < -0.3 is 4.98 Å². The van der Waals surface area contributed by atoms with Gasteiger partial charge in [0.25, 0.3) is 0 Å². The van der Waals surface area contributed by atoms with Gasteiger partial charge in [-0.2, -0.15) is 0 Å². The number of likely N-dealkylation sites (tertiary alicyclic amines) is 1. The zero-order valence-corrected chi connectivity index (χ0v) is 19.3. The van der Waals surface area contributed by atoms with Gasteiger partial charge in [0.05, 0.1) is 10.9 Å². The quantitative estimate of drug-likeness (QED) is 0.378. The van der Waals surface area contributed by atoms with Gasteiger partial charge in [0, 0.05) is 53.7 Å². The number of aromatic nitrogens is 3. The van der Waals surface area contributed by atoms with Crippen LogP contribution in [0.5, 0.6) is 0 Å². The summed E-state index contributed by atoms with van der Waals surface area (Å²) < 4.78 is 0. The topological polar surface area (TPSA) is 61.9 Å². The van der Waals surface area contributed by atoms with E-state index in [1.165, 1.54) is 17.5 Å². The number of ketones is 1. The Kier molecular flexibility index (Phi) is 5.91. The molecule has 5 rings (SSSR count). The highest BCUT2D eigenvalue weighted by molar-refractivity contribution is 7.19. The van der Waals surface area contributed by atoms with Crippen LogP contribution in [-0.2, 0) is 11.2 Å². The number of carbonyl (C=O) groups excluding carboxylic acids is 1. The number of thiophene rings is 1. The third-order valence-corrected chi connectivity index (χ3v) is 7.20. The Hall–Kier alpha value is -2.80. The molecule has 4 heterocycles. The predicted molar refractivity (Wildman–Crippen MR) is 129 cm³/mol. The Morgan fingerprint density at radius 1 is 1.16 bits per heavy atom. The number of nitrogens with one attached hydrogen (secondary N) is 1. The maximum absolute atomic E-state index is 11.6. The molecule has 0 spiro atoms. The van der Waals surface area contributed by atoms with Gasteiger partial charge in [-0.1, -0.05) is 23.7 Å². The first-order valence-corrected chi connectivity index (χ1v) is 11.9. The van der Waals surface area contributed by atoms with E-state index in [-0.39, 0.29) is 11.8 Å². The molecule has 3 aromatic heterocycles. The number of hydrogen-bond donors (Lipinski definition) is 1. The second-order valence-electron chi connectivity index (χ2n) is 8.09. The molecule has 1 atom stereocenters. The zero-order chi connectivity index (χ0) is 22.1. The molecule has 0 aliphatic carbocycles. The Morgan fingerprint density at radius 2 is 1.97 bits per heavy atom. The molecule has 1 fully saturated rings. The number of pyridine rings is 1. The first-order valence-electron chi connectivity index (χ1n) is 10.7. The van der Waals surface area contributed by atoms with E-state index in [1.807, 2.05) is 30.5 Å². The number of rotatable bonds is 7. The molecule has 4 aromatic rings. The number of halogens is 1. The summed E-state index contributed by atoms with van der Waals surface area (Å²) in [4.78, 5) is 28.6. The maximum Gasteiger partial charge on any atom is 0.147 e. The van der Waals surface area contributed by atoms with Gasteiger partial charge in [-0.05, 0) is 60.4 Å². The Morgan fingerprint density at radius 3 is 2.62 bits per heavy atom. The van der Waals surface area contributed by atoms with Crippen LogP contribution in [-0.4, -0.2) is 38.7 Å². The Bertz CT molecular complexity index is 1230. The van der Waals surface area contributed by atoms with Crippen molar-refractivity contribution in [3.05, 3.63) is 82.9 Å². The number of Topliss-reactive ketones (excluding diaryl/α,β-unsaturated/α-hetero) is 1. The van der Waals surface area contributed by atoms with Gasteiger partial charge in [0.15, 0.2) is 0 Å². The lowest BCUT2D eigenvalue weighted by atomic mass is 9.94. The summed E-state index contributed by atoms with van der Waals surface area (Å²) in [6.45, 7) is 3.72. The SMILES string of the molecule is CC(=O)Cc1cc(-c2cc(C(c3ccc(Cl)cc3)N3CCC3)c(-c3ncc[nH]3)s2)ccn1. The molecule has 0 radical (unpaired) electrons. The van der Waals surface area contributed by atoms with E-state index in [0.29, 0.717) is 6.42 Å². The molecular formula is C25H23ClN4OS. The molecule has 1 saturated heterocycles. The fraction of sp³-hybridized carbons (Fsp3) is 0.240. The minimum absolute atomic E-state index is 0.110. The van der Waals surface area contributed by atoms with Gasteiger partial charge >= 0.3 is 0 Å². The van der Waals surface area contributed by atoms with E-state index in [1.54, 1.807) is 30.7 Å². The van der Waals surface area contributed by atoms with Crippen molar-refractivity contribution < 1.29 is 4.79 Å². The standard InChI is InChI=1S/C25H23ClN4OS/c1-16(31)13-20-14-18(7-8-27-20)22-15-21(24(32-22)25-28-9-10-29-25)23(30-11-2-12-30)17-3-5-19(26)6-4-17/h3-10,14-15,23H,2,11-13H2,1H3,(H,28,29). The molecule has 1 unspecified atom stereocenters. The summed E-state index contributed by atoms with van der Waals surface area (Å²) in [6, 6.07) is 14.6. The Labute approximate surface area is 196 Å². The highest BCUT2D eigenvalue weighted by atomic mass is 35.5. The van der Waals surface area contributed by atoms with Crippen LogP contribution in [0.15, 0.2) is 61.1 Å². The van der Waals surface area contributed by atoms with E-state index < -0.39 is 0 Å². The molecule has 1 aliphatic rings. The molecule has 1 aromatic carbocycles. The maximum atomic E-state index is 11.6. The number of hydrogen-bond acceptors (Lipinski definition) is 5. The van der Waals surface area contributed by atoms with Crippen LogP contribution < -0.4 is 0 Å². The number of imidazole rings is 1. The molecule has 1 N–H and O–H groups in total. The van der Waals surface area contributed by atoms with Crippen LogP contribution in [0.2, 0.25) is 5.02 Å². The van der Waals surface area contributed by atoms with Crippen molar-refractivity contribution in [3.8, 4) is 21.1 Å². The van der Waals surface area contributed by atoms with Gasteiger partial charge in [0.1, 0.15) is 11.6 Å². The average Bonchev–Trinajstić information content (AvgIpc) is 3.41. The Balaban J connectivity index is 1.63. The van der Waals surface area contributed by atoms with Crippen LogP contribution in [0.3, 0.4) is 0 Å².